The van der Waals surface area contributed by atoms with Crippen LogP contribution in [0.25, 0.3) is 33.5 Å². The van der Waals surface area contributed by atoms with Gasteiger partial charge >= 0.3 is 6.09 Å². The van der Waals surface area contributed by atoms with Crippen LogP contribution in [-0.2, 0) is 7.05 Å². The molecule has 4 aromatic rings. The SMILES string of the molecule is Cn1nc(-c2cnc3[nH]cc(OC(=O)NC4(C)CC4)c3n2)c2ccc(F)cc21. The molecule has 0 saturated heterocycles. The number of halogens is 1. The van der Waals surface area contributed by atoms with Crippen LogP contribution in [0, 0.1) is 5.82 Å². The minimum atomic E-state index is -0.521. The zero-order valence-electron chi connectivity index (χ0n) is 15.3. The Morgan fingerprint density at radius 3 is 3.00 bits per heavy atom. The first-order valence-electron chi connectivity index (χ1n) is 8.89. The summed E-state index contributed by atoms with van der Waals surface area (Å²) in [6.07, 6.45) is 4.49. The summed E-state index contributed by atoms with van der Waals surface area (Å²) in [5.74, 6) is -0.0438. The quantitative estimate of drug-likeness (QED) is 0.568. The van der Waals surface area contributed by atoms with E-state index in [1.54, 1.807) is 30.2 Å². The van der Waals surface area contributed by atoms with Gasteiger partial charge in [0, 0.05) is 24.2 Å². The van der Waals surface area contributed by atoms with Crippen molar-refractivity contribution in [1.82, 2.24) is 30.0 Å². The first-order valence-corrected chi connectivity index (χ1v) is 8.89. The highest BCUT2D eigenvalue weighted by Gasteiger charge is 2.39. The number of benzene rings is 1. The number of ether oxygens (including phenoxy) is 1. The van der Waals surface area contributed by atoms with E-state index in [1.165, 1.54) is 12.1 Å². The molecule has 0 radical (unpaired) electrons. The third kappa shape index (κ3) is 2.75. The molecule has 9 heteroatoms. The molecule has 0 unspecified atom stereocenters. The van der Waals surface area contributed by atoms with Gasteiger partial charge in [0.1, 0.15) is 17.2 Å². The molecular weight excluding hydrogens is 363 g/mol. The molecule has 3 aromatic heterocycles. The van der Waals surface area contributed by atoms with E-state index in [0.717, 1.165) is 18.2 Å². The van der Waals surface area contributed by atoms with Gasteiger partial charge in [-0.15, -0.1) is 0 Å². The maximum absolute atomic E-state index is 13.6. The molecule has 0 bridgehead atoms. The number of hydrogen-bond acceptors (Lipinski definition) is 5. The van der Waals surface area contributed by atoms with Crippen LogP contribution in [0.3, 0.4) is 0 Å². The highest BCUT2D eigenvalue weighted by atomic mass is 19.1. The summed E-state index contributed by atoms with van der Waals surface area (Å²) in [4.78, 5) is 24.0. The zero-order chi connectivity index (χ0) is 19.5. The number of nitrogens with one attached hydrogen (secondary N) is 2. The normalized spacial score (nSPS) is 15.1. The molecule has 1 amide bonds. The largest absolute Gasteiger partial charge is 0.413 e. The van der Waals surface area contributed by atoms with Gasteiger partial charge in [0.25, 0.3) is 0 Å². The Morgan fingerprint density at radius 1 is 1.39 bits per heavy atom. The predicted octanol–water partition coefficient (Wildman–Crippen LogP) is 3.29. The lowest BCUT2D eigenvalue weighted by Crippen LogP contribution is -2.36. The molecular formula is C19H17FN6O2. The van der Waals surface area contributed by atoms with Crippen molar-refractivity contribution in [2.45, 2.75) is 25.3 Å². The standard InChI is InChI=1S/C19H17FN6O2/c1-19(5-6-19)24-18(27)28-14-9-22-17-16(14)23-12(8-21-17)15-11-4-3-10(20)7-13(11)26(2)25-15/h3-4,7-9H,5-6H2,1-2H3,(H,21,22)(H,24,27). The van der Waals surface area contributed by atoms with E-state index >= 15 is 0 Å². The van der Waals surface area contributed by atoms with E-state index in [4.69, 9.17) is 4.74 Å². The molecule has 28 heavy (non-hydrogen) atoms. The highest BCUT2D eigenvalue weighted by molar-refractivity contribution is 5.93. The van der Waals surface area contributed by atoms with Crippen LogP contribution in [0.5, 0.6) is 5.75 Å². The molecule has 1 saturated carbocycles. The van der Waals surface area contributed by atoms with E-state index < -0.39 is 6.09 Å². The van der Waals surface area contributed by atoms with Gasteiger partial charge in [0.05, 0.1) is 11.7 Å². The fourth-order valence-electron chi connectivity index (χ4n) is 3.16. The molecule has 8 nitrogen and oxygen atoms in total. The number of amides is 1. The lowest BCUT2D eigenvalue weighted by Gasteiger charge is -2.10. The predicted molar refractivity (Wildman–Crippen MR) is 100 cm³/mol. The Balaban J connectivity index is 1.54. The van der Waals surface area contributed by atoms with Crippen molar-refractivity contribution in [2.24, 2.45) is 7.05 Å². The highest BCUT2D eigenvalue weighted by Crippen LogP contribution is 2.35. The van der Waals surface area contributed by atoms with Crippen molar-refractivity contribution in [3.05, 3.63) is 36.4 Å². The maximum Gasteiger partial charge on any atom is 0.413 e. The van der Waals surface area contributed by atoms with Crippen molar-refractivity contribution in [1.29, 1.82) is 0 Å². The Labute approximate surface area is 158 Å². The number of fused-ring (bicyclic) bond motifs is 2. The summed E-state index contributed by atoms with van der Waals surface area (Å²) in [7, 11) is 1.74. The van der Waals surface area contributed by atoms with E-state index in [9.17, 15) is 9.18 Å². The molecule has 0 atom stereocenters. The number of hydrogen-bond donors (Lipinski definition) is 2. The van der Waals surface area contributed by atoms with Crippen LogP contribution in [-0.4, -0.2) is 36.4 Å². The molecule has 1 aliphatic rings. The molecule has 1 aliphatic carbocycles. The first kappa shape index (κ1) is 16.7. The fourth-order valence-corrected chi connectivity index (χ4v) is 3.16. The lowest BCUT2D eigenvalue weighted by molar-refractivity contribution is 0.196. The van der Waals surface area contributed by atoms with Gasteiger partial charge in [-0.1, -0.05) is 0 Å². The number of aromatic nitrogens is 5. The second-order valence-electron chi connectivity index (χ2n) is 7.31. The summed E-state index contributed by atoms with van der Waals surface area (Å²) in [6.45, 7) is 1.97. The Bertz CT molecular complexity index is 1240. The molecule has 5 rings (SSSR count). The third-order valence-corrected chi connectivity index (χ3v) is 5.01. The van der Waals surface area contributed by atoms with Gasteiger partial charge < -0.3 is 15.0 Å². The van der Waals surface area contributed by atoms with E-state index in [0.29, 0.717) is 28.1 Å². The second-order valence-corrected chi connectivity index (χ2v) is 7.31. The summed E-state index contributed by atoms with van der Waals surface area (Å²) in [6, 6.07) is 4.47. The maximum atomic E-state index is 13.6. The smallest absolute Gasteiger partial charge is 0.406 e. The summed E-state index contributed by atoms with van der Waals surface area (Å²) in [5, 5.41) is 8.05. The van der Waals surface area contributed by atoms with Gasteiger partial charge in [-0.05, 0) is 38.0 Å². The lowest BCUT2D eigenvalue weighted by atomic mass is 10.1. The van der Waals surface area contributed by atoms with Gasteiger partial charge in [-0.2, -0.15) is 5.10 Å². The van der Waals surface area contributed by atoms with Crippen molar-refractivity contribution in [3.8, 4) is 17.1 Å². The van der Waals surface area contributed by atoms with Crippen LogP contribution in [0.2, 0.25) is 0 Å². The fraction of sp³-hybridized carbons (Fsp3) is 0.263. The van der Waals surface area contributed by atoms with Gasteiger partial charge in [0.15, 0.2) is 16.9 Å². The number of H-pyrrole nitrogens is 1. The first-order chi connectivity index (χ1) is 13.4. The average Bonchev–Trinajstić information content (AvgIpc) is 3.11. The van der Waals surface area contributed by atoms with E-state index in [1.807, 2.05) is 6.92 Å². The molecule has 0 aliphatic heterocycles. The molecule has 1 aromatic carbocycles. The van der Waals surface area contributed by atoms with Gasteiger partial charge in [0.2, 0.25) is 0 Å². The van der Waals surface area contributed by atoms with Crippen LogP contribution < -0.4 is 10.1 Å². The van der Waals surface area contributed by atoms with Crippen molar-refractivity contribution < 1.29 is 13.9 Å². The number of carbonyl (C=O) groups excluding carboxylic acids is 1. The number of aromatic amines is 1. The third-order valence-electron chi connectivity index (χ3n) is 5.01. The van der Waals surface area contributed by atoms with Crippen molar-refractivity contribution >= 4 is 28.2 Å². The zero-order valence-corrected chi connectivity index (χ0v) is 15.3. The number of carbonyl (C=O) groups is 1. The van der Waals surface area contributed by atoms with Crippen LogP contribution >= 0.6 is 0 Å². The van der Waals surface area contributed by atoms with Crippen molar-refractivity contribution in [3.63, 3.8) is 0 Å². The Morgan fingerprint density at radius 2 is 2.21 bits per heavy atom. The summed E-state index contributed by atoms with van der Waals surface area (Å²) >= 11 is 0. The number of rotatable bonds is 3. The monoisotopic (exact) mass is 380 g/mol. The minimum Gasteiger partial charge on any atom is -0.406 e. The molecule has 3 heterocycles. The van der Waals surface area contributed by atoms with Crippen molar-refractivity contribution in [2.75, 3.05) is 0 Å². The Hall–Kier alpha value is -3.49. The van der Waals surface area contributed by atoms with Crippen LogP contribution in [0.1, 0.15) is 19.8 Å². The summed E-state index contributed by atoms with van der Waals surface area (Å²) in [5.41, 5.74) is 2.48. The molecule has 1 fully saturated rings. The van der Waals surface area contributed by atoms with E-state index in [2.05, 4.69) is 25.4 Å². The molecule has 142 valence electrons. The Kier molecular flexibility index (Phi) is 3.42. The van der Waals surface area contributed by atoms with Gasteiger partial charge in [-0.3, -0.25) is 4.68 Å². The topological polar surface area (TPSA) is 97.7 Å². The summed E-state index contributed by atoms with van der Waals surface area (Å²) < 4.78 is 20.6. The van der Waals surface area contributed by atoms with Gasteiger partial charge in [-0.25, -0.2) is 19.2 Å². The average molecular weight is 380 g/mol. The minimum absolute atomic E-state index is 0.178. The molecule has 2 N–H and O–H groups in total. The number of aryl methyl sites for hydroxylation is 1. The number of nitrogens with zero attached hydrogens (tertiary/aromatic N) is 4. The van der Waals surface area contributed by atoms with Crippen LogP contribution in [0.4, 0.5) is 9.18 Å². The second kappa shape index (κ2) is 5.75. The molecule has 0 spiro atoms. The van der Waals surface area contributed by atoms with Crippen LogP contribution in [0.15, 0.2) is 30.6 Å². The van der Waals surface area contributed by atoms with E-state index in [-0.39, 0.29) is 17.1 Å².